The van der Waals surface area contributed by atoms with Crippen LogP contribution >= 0.6 is 0 Å². The maximum absolute atomic E-state index is 11.6. The van der Waals surface area contributed by atoms with Crippen LogP contribution in [-0.4, -0.2) is 29.1 Å². The Kier molecular flexibility index (Phi) is 4.07. The van der Waals surface area contributed by atoms with E-state index in [1.165, 1.54) is 11.1 Å². The van der Waals surface area contributed by atoms with Gasteiger partial charge in [-0.3, -0.25) is 4.90 Å². The molecule has 0 spiro atoms. The monoisotopic (exact) mass is 293 g/mol. The number of carbonyl (C=O) groups is 1. The molecule has 0 fully saturated rings. The van der Waals surface area contributed by atoms with Gasteiger partial charge in [0, 0.05) is 19.6 Å². The van der Waals surface area contributed by atoms with Crippen molar-refractivity contribution in [1.82, 2.24) is 4.90 Å². The first kappa shape index (κ1) is 14.5. The van der Waals surface area contributed by atoms with Crippen LogP contribution in [-0.2, 0) is 11.3 Å². The van der Waals surface area contributed by atoms with E-state index in [0.717, 1.165) is 17.7 Å². The van der Waals surface area contributed by atoms with Gasteiger partial charge in [0.1, 0.15) is 0 Å². The summed E-state index contributed by atoms with van der Waals surface area (Å²) >= 11 is 0. The Hall–Kier alpha value is -2.39. The minimum absolute atomic E-state index is 0.493. The second kappa shape index (κ2) is 6.16. The number of aliphatic carboxylic acids is 1. The van der Waals surface area contributed by atoms with E-state index in [2.05, 4.69) is 17.0 Å². The van der Waals surface area contributed by atoms with Crippen molar-refractivity contribution in [2.75, 3.05) is 13.1 Å². The molecule has 0 atom stereocenters. The van der Waals surface area contributed by atoms with Gasteiger partial charge in [-0.1, -0.05) is 60.2 Å². The van der Waals surface area contributed by atoms with Crippen LogP contribution in [0.15, 0.2) is 60.2 Å². The summed E-state index contributed by atoms with van der Waals surface area (Å²) in [5.41, 5.74) is 4.85. The molecule has 0 bridgehead atoms. The molecule has 1 N–H and O–H groups in total. The summed E-state index contributed by atoms with van der Waals surface area (Å²) < 4.78 is 0. The summed E-state index contributed by atoms with van der Waals surface area (Å²) in [5, 5.41) is 9.50. The van der Waals surface area contributed by atoms with Gasteiger partial charge in [0.2, 0.25) is 0 Å². The molecule has 0 unspecified atom stereocenters. The highest BCUT2D eigenvalue weighted by atomic mass is 16.4. The Labute approximate surface area is 130 Å². The molecule has 3 heteroatoms. The van der Waals surface area contributed by atoms with Crippen molar-refractivity contribution in [2.45, 2.75) is 13.5 Å². The van der Waals surface area contributed by atoms with Crippen molar-refractivity contribution in [3.05, 3.63) is 76.9 Å². The first-order chi connectivity index (χ1) is 10.6. The summed E-state index contributed by atoms with van der Waals surface area (Å²) in [5.74, 6) is -0.814. The molecular formula is C19H19NO2. The smallest absolute Gasteiger partial charge is 0.333 e. The Morgan fingerprint density at radius 2 is 1.73 bits per heavy atom. The van der Waals surface area contributed by atoms with Crippen molar-refractivity contribution >= 4 is 11.5 Å². The van der Waals surface area contributed by atoms with Crippen LogP contribution in [0.4, 0.5) is 0 Å². The summed E-state index contributed by atoms with van der Waals surface area (Å²) in [6, 6.07) is 18.2. The van der Waals surface area contributed by atoms with Crippen molar-refractivity contribution in [1.29, 1.82) is 0 Å². The molecule has 2 aromatic carbocycles. The second-order valence-electron chi connectivity index (χ2n) is 5.76. The average Bonchev–Trinajstić information content (AvgIpc) is 2.93. The van der Waals surface area contributed by atoms with Gasteiger partial charge in [-0.25, -0.2) is 4.79 Å². The zero-order valence-corrected chi connectivity index (χ0v) is 12.6. The Morgan fingerprint density at radius 3 is 2.36 bits per heavy atom. The van der Waals surface area contributed by atoms with E-state index in [0.29, 0.717) is 18.7 Å². The lowest BCUT2D eigenvalue weighted by atomic mass is 10.0. The molecule has 0 aromatic heterocycles. The molecule has 1 aliphatic rings. The molecule has 0 amide bonds. The van der Waals surface area contributed by atoms with Gasteiger partial charge in [-0.15, -0.1) is 0 Å². The molecule has 0 aliphatic carbocycles. The number of rotatable bonds is 4. The lowest BCUT2D eigenvalue weighted by molar-refractivity contribution is -0.132. The average molecular weight is 293 g/mol. The third-order valence-electron chi connectivity index (χ3n) is 4.03. The van der Waals surface area contributed by atoms with Gasteiger partial charge in [0.05, 0.1) is 5.57 Å². The molecule has 3 nitrogen and oxygen atoms in total. The van der Waals surface area contributed by atoms with Crippen LogP contribution in [0, 0.1) is 6.92 Å². The maximum Gasteiger partial charge on any atom is 0.333 e. The van der Waals surface area contributed by atoms with Crippen molar-refractivity contribution in [2.24, 2.45) is 0 Å². The van der Waals surface area contributed by atoms with Gasteiger partial charge in [0.25, 0.3) is 0 Å². The molecular weight excluding hydrogens is 274 g/mol. The van der Waals surface area contributed by atoms with E-state index < -0.39 is 5.97 Å². The van der Waals surface area contributed by atoms with Crippen LogP contribution in [0.25, 0.3) is 5.57 Å². The fourth-order valence-electron chi connectivity index (χ4n) is 2.86. The third-order valence-corrected chi connectivity index (χ3v) is 4.03. The molecule has 0 radical (unpaired) electrons. The van der Waals surface area contributed by atoms with Crippen LogP contribution in [0.3, 0.4) is 0 Å². The number of hydrogen-bond acceptors (Lipinski definition) is 2. The third kappa shape index (κ3) is 3.10. The van der Waals surface area contributed by atoms with Gasteiger partial charge >= 0.3 is 5.97 Å². The Bertz CT molecular complexity index is 702. The maximum atomic E-state index is 11.6. The minimum atomic E-state index is -0.814. The van der Waals surface area contributed by atoms with Gasteiger partial charge < -0.3 is 5.11 Å². The number of nitrogens with zero attached hydrogens (tertiary/aromatic N) is 1. The highest BCUT2D eigenvalue weighted by Crippen LogP contribution is 2.28. The van der Waals surface area contributed by atoms with E-state index in [1.807, 2.05) is 49.4 Å². The lowest BCUT2D eigenvalue weighted by Crippen LogP contribution is -2.21. The van der Waals surface area contributed by atoms with Crippen molar-refractivity contribution < 1.29 is 9.90 Å². The summed E-state index contributed by atoms with van der Waals surface area (Å²) in [4.78, 5) is 13.7. The summed E-state index contributed by atoms with van der Waals surface area (Å²) in [6.07, 6.45) is 0. The fourth-order valence-corrected chi connectivity index (χ4v) is 2.86. The van der Waals surface area contributed by atoms with Crippen LogP contribution in [0.2, 0.25) is 0 Å². The molecule has 2 aromatic rings. The minimum Gasteiger partial charge on any atom is -0.478 e. The largest absolute Gasteiger partial charge is 0.478 e. The molecule has 0 saturated heterocycles. The van der Waals surface area contributed by atoms with Crippen LogP contribution in [0.5, 0.6) is 0 Å². The number of carboxylic acid groups (broad SMARTS) is 1. The quantitative estimate of drug-likeness (QED) is 0.940. The first-order valence-electron chi connectivity index (χ1n) is 7.42. The lowest BCUT2D eigenvalue weighted by Gasteiger charge is -2.16. The van der Waals surface area contributed by atoms with E-state index in [1.54, 1.807) is 0 Å². The van der Waals surface area contributed by atoms with E-state index in [-0.39, 0.29) is 0 Å². The van der Waals surface area contributed by atoms with Gasteiger partial charge in [-0.2, -0.15) is 0 Å². The van der Waals surface area contributed by atoms with E-state index in [4.69, 9.17) is 0 Å². The van der Waals surface area contributed by atoms with Gasteiger partial charge in [-0.05, 0) is 23.6 Å². The Balaban J connectivity index is 1.82. The van der Waals surface area contributed by atoms with Crippen LogP contribution < -0.4 is 0 Å². The first-order valence-corrected chi connectivity index (χ1v) is 7.42. The van der Waals surface area contributed by atoms with E-state index >= 15 is 0 Å². The Morgan fingerprint density at radius 1 is 1.05 bits per heavy atom. The normalized spacial score (nSPS) is 15.3. The summed E-state index contributed by atoms with van der Waals surface area (Å²) in [7, 11) is 0. The standard InChI is InChI=1S/C19H19NO2/c1-14-7-9-16(10-8-14)17-12-20(13-18(17)19(21)22)11-15-5-3-2-4-6-15/h2-10H,11-13H2,1H3,(H,21,22). The number of carboxylic acids is 1. The van der Waals surface area contributed by atoms with E-state index in [9.17, 15) is 9.90 Å². The molecule has 1 heterocycles. The fraction of sp³-hybridized carbons (Fsp3) is 0.211. The molecule has 22 heavy (non-hydrogen) atoms. The predicted octanol–water partition coefficient (Wildman–Crippen LogP) is 3.35. The molecule has 112 valence electrons. The van der Waals surface area contributed by atoms with Gasteiger partial charge in [0.15, 0.2) is 0 Å². The second-order valence-corrected chi connectivity index (χ2v) is 5.76. The SMILES string of the molecule is Cc1ccc(C2=C(C(=O)O)CN(Cc3ccccc3)C2)cc1. The zero-order valence-electron chi connectivity index (χ0n) is 12.6. The number of hydrogen-bond donors (Lipinski definition) is 1. The summed E-state index contributed by atoms with van der Waals surface area (Å²) in [6.45, 7) is 3.98. The molecule has 0 saturated carbocycles. The zero-order chi connectivity index (χ0) is 15.5. The number of benzene rings is 2. The van der Waals surface area contributed by atoms with Crippen LogP contribution in [0.1, 0.15) is 16.7 Å². The molecule has 3 rings (SSSR count). The highest BCUT2D eigenvalue weighted by molar-refractivity contribution is 5.98. The number of aryl methyl sites for hydroxylation is 1. The van der Waals surface area contributed by atoms with Crippen molar-refractivity contribution in [3.63, 3.8) is 0 Å². The highest BCUT2D eigenvalue weighted by Gasteiger charge is 2.27. The van der Waals surface area contributed by atoms with Crippen molar-refractivity contribution in [3.8, 4) is 0 Å². The topological polar surface area (TPSA) is 40.5 Å². The predicted molar refractivity (Wildman–Crippen MR) is 87.5 cm³/mol. The molecule has 1 aliphatic heterocycles.